The zero-order valence-electron chi connectivity index (χ0n) is 11.6. The van der Waals surface area contributed by atoms with Crippen molar-refractivity contribution in [2.75, 3.05) is 5.32 Å². The molecule has 1 aromatic heterocycles. The quantitative estimate of drug-likeness (QED) is 0.668. The van der Waals surface area contributed by atoms with E-state index in [0.29, 0.717) is 6.04 Å². The lowest BCUT2D eigenvalue weighted by atomic mass is 9.96. The van der Waals surface area contributed by atoms with E-state index in [1.54, 1.807) is 23.5 Å². The SMILES string of the molecule is O=[N+]([O-])c1cccc(-c2csc(NC3CCCCC3)n2)c1. The van der Waals surface area contributed by atoms with Gasteiger partial charge in [-0.3, -0.25) is 10.1 Å². The second-order valence-electron chi connectivity index (χ2n) is 5.32. The van der Waals surface area contributed by atoms with Gasteiger partial charge in [-0.05, 0) is 12.8 Å². The molecule has 1 aromatic carbocycles. The van der Waals surface area contributed by atoms with Gasteiger partial charge in [-0.2, -0.15) is 0 Å². The van der Waals surface area contributed by atoms with Crippen LogP contribution in [0.5, 0.6) is 0 Å². The summed E-state index contributed by atoms with van der Waals surface area (Å²) in [6, 6.07) is 7.13. The summed E-state index contributed by atoms with van der Waals surface area (Å²) in [6.45, 7) is 0. The minimum atomic E-state index is -0.378. The number of nitrogens with zero attached hydrogens (tertiary/aromatic N) is 2. The predicted molar refractivity (Wildman–Crippen MR) is 84.7 cm³/mol. The van der Waals surface area contributed by atoms with Crippen molar-refractivity contribution in [3.8, 4) is 11.3 Å². The molecule has 0 aliphatic heterocycles. The van der Waals surface area contributed by atoms with Crippen LogP contribution in [0.1, 0.15) is 32.1 Å². The van der Waals surface area contributed by atoms with Gasteiger partial charge in [0.1, 0.15) is 0 Å². The third-order valence-electron chi connectivity index (χ3n) is 3.79. The Balaban J connectivity index is 1.75. The van der Waals surface area contributed by atoms with Crippen LogP contribution in [-0.2, 0) is 0 Å². The molecule has 1 aliphatic carbocycles. The molecule has 1 fully saturated rings. The minimum Gasteiger partial charge on any atom is -0.359 e. The summed E-state index contributed by atoms with van der Waals surface area (Å²) >= 11 is 1.56. The molecule has 0 spiro atoms. The van der Waals surface area contributed by atoms with E-state index >= 15 is 0 Å². The lowest BCUT2D eigenvalue weighted by Crippen LogP contribution is -2.21. The zero-order valence-corrected chi connectivity index (χ0v) is 12.4. The Morgan fingerprint density at radius 2 is 2.10 bits per heavy atom. The number of nitro groups is 1. The summed E-state index contributed by atoms with van der Waals surface area (Å²) in [5.41, 5.74) is 1.68. The lowest BCUT2D eigenvalue weighted by molar-refractivity contribution is -0.384. The van der Waals surface area contributed by atoms with E-state index in [9.17, 15) is 10.1 Å². The molecular formula is C15H17N3O2S. The summed E-state index contributed by atoms with van der Waals surface area (Å²) in [5, 5.41) is 17.2. The Morgan fingerprint density at radius 1 is 1.29 bits per heavy atom. The third-order valence-corrected chi connectivity index (χ3v) is 4.56. The number of nitrogens with one attached hydrogen (secondary N) is 1. The molecule has 2 aromatic rings. The van der Waals surface area contributed by atoms with Gasteiger partial charge in [0.15, 0.2) is 5.13 Å². The number of hydrogen-bond acceptors (Lipinski definition) is 5. The smallest absolute Gasteiger partial charge is 0.270 e. The van der Waals surface area contributed by atoms with E-state index < -0.39 is 0 Å². The van der Waals surface area contributed by atoms with Crippen molar-refractivity contribution >= 4 is 22.2 Å². The van der Waals surface area contributed by atoms with Crippen LogP contribution in [0.3, 0.4) is 0 Å². The average molecular weight is 303 g/mol. The van der Waals surface area contributed by atoms with Crippen molar-refractivity contribution in [2.24, 2.45) is 0 Å². The Labute approximate surface area is 127 Å². The summed E-state index contributed by atoms with van der Waals surface area (Å²) in [4.78, 5) is 15.0. The van der Waals surface area contributed by atoms with Crippen LogP contribution >= 0.6 is 11.3 Å². The first kappa shape index (κ1) is 14.0. The van der Waals surface area contributed by atoms with Gasteiger partial charge >= 0.3 is 0 Å². The molecule has 6 heteroatoms. The van der Waals surface area contributed by atoms with Gasteiger partial charge < -0.3 is 5.32 Å². The minimum absolute atomic E-state index is 0.0993. The normalized spacial score (nSPS) is 15.8. The Morgan fingerprint density at radius 3 is 2.86 bits per heavy atom. The van der Waals surface area contributed by atoms with E-state index in [1.807, 2.05) is 11.4 Å². The second kappa shape index (κ2) is 6.22. The van der Waals surface area contributed by atoms with Crippen molar-refractivity contribution in [1.29, 1.82) is 0 Å². The van der Waals surface area contributed by atoms with Crippen LogP contribution in [0, 0.1) is 10.1 Å². The van der Waals surface area contributed by atoms with Crippen molar-refractivity contribution < 1.29 is 4.92 Å². The van der Waals surface area contributed by atoms with E-state index in [2.05, 4.69) is 10.3 Å². The number of non-ortho nitro benzene ring substituents is 1. The van der Waals surface area contributed by atoms with Gasteiger partial charge in [-0.15, -0.1) is 11.3 Å². The van der Waals surface area contributed by atoms with Crippen LogP contribution in [0.4, 0.5) is 10.8 Å². The first-order valence-corrected chi connectivity index (χ1v) is 8.07. The topological polar surface area (TPSA) is 68.1 Å². The van der Waals surface area contributed by atoms with Crippen molar-refractivity contribution in [1.82, 2.24) is 4.98 Å². The van der Waals surface area contributed by atoms with Crippen LogP contribution in [-0.4, -0.2) is 15.9 Å². The number of nitro benzene ring substituents is 1. The monoisotopic (exact) mass is 303 g/mol. The van der Waals surface area contributed by atoms with Gasteiger partial charge in [-0.25, -0.2) is 4.98 Å². The zero-order chi connectivity index (χ0) is 14.7. The highest BCUT2D eigenvalue weighted by molar-refractivity contribution is 7.14. The molecule has 1 saturated carbocycles. The molecule has 21 heavy (non-hydrogen) atoms. The average Bonchev–Trinajstić information content (AvgIpc) is 2.97. The van der Waals surface area contributed by atoms with Gasteiger partial charge in [0.05, 0.1) is 10.6 Å². The molecule has 0 radical (unpaired) electrons. The van der Waals surface area contributed by atoms with E-state index in [1.165, 1.54) is 38.2 Å². The molecule has 5 nitrogen and oxygen atoms in total. The largest absolute Gasteiger partial charge is 0.359 e. The molecule has 0 unspecified atom stereocenters. The maximum atomic E-state index is 10.8. The summed E-state index contributed by atoms with van der Waals surface area (Å²) < 4.78 is 0. The molecule has 1 aliphatic rings. The number of aromatic nitrogens is 1. The van der Waals surface area contributed by atoms with Crippen LogP contribution in [0.2, 0.25) is 0 Å². The fourth-order valence-electron chi connectivity index (χ4n) is 2.67. The molecule has 110 valence electrons. The Hall–Kier alpha value is -1.95. The van der Waals surface area contributed by atoms with E-state index in [4.69, 9.17) is 0 Å². The van der Waals surface area contributed by atoms with Gasteiger partial charge in [0, 0.05) is 29.1 Å². The first-order valence-electron chi connectivity index (χ1n) is 7.19. The summed E-state index contributed by atoms with van der Waals surface area (Å²) in [7, 11) is 0. The number of thiazole rings is 1. The van der Waals surface area contributed by atoms with Gasteiger partial charge in [0.25, 0.3) is 5.69 Å². The maximum Gasteiger partial charge on any atom is 0.270 e. The van der Waals surface area contributed by atoms with Crippen LogP contribution in [0.25, 0.3) is 11.3 Å². The molecule has 0 bridgehead atoms. The summed E-state index contributed by atoms with van der Waals surface area (Å²) in [5.74, 6) is 0. The molecule has 0 amide bonds. The fraction of sp³-hybridized carbons (Fsp3) is 0.400. The number of benzene rings is 1. The number of rotatable bonds is 4. The molecule has 3 rings (SSSR count). The Kier molecular flexibility index (Phi) is 4.15. The third kappa shape index (κ3) is 3.39. The maximum absolute atomic E-state index is 10.8. The number of hydrogen-bond donors (Lipinski definition) is 1. The highest BCUT2D eigenvalue weighted by Crippen LogP contribution is 2.29. The summed E-state index contributed by atoms with van der Waals surface area (Å²) in [6.07, 6.45) is 6.29. The molecule has 0 saturated heterocycles. The Bertz CT molecular complexity index is 635. The highest BCUT2D eigenvalue weighted by Gasteiger charge is 2.15. The van der Waals surface area contributed by atoms with Crippen molar-refractivity contribution in [3.05, 3.63) is 39.8 Å². The molecule has 1 heterocycles. The fourth-order valence-corrected chi connectivity index (χ4v) is 3.47. The van der Waals surface area contributed by atoms with Gasteiger partial charge in [-0.1, -0.05) is 31.4 Å². The lowest BCUT2D eigenvalue weighted by Gasteiger charge is -2.22. The molecule has 1 N–H and O–H groups in total. The first-order chi connectivity index (χ1) is 10.2. The standard InChI is InChI=1S/C15H17N3O2S/c19-18(20)13-8-4-5-11(9-13)14-10-21-15(17-14)16-12-6-2-1-3-7-12/h4-5,8-10,12H,1-3,6-7H2,(H,16,17). The highest BCUT2D eigenvalue weighted by atomic mass is 32.1. The molecule has 0 atom stereocenters. The van der Waals surface area contributed by atoms with E-state index in [-0.39, 0.29) is 10.6 Å². The van der Waals surface area contributed by atoms with Gasteiger partial charge in [0.2, 0.25) is 0 Å². The number of anilines is 1. The van der Waals surface area contributed by atoms with Crippen molar-refractivity contribution in [2.45, 2.75) is 38.1 Å². The van der Waals surface area contributed by atoms with Crippen LogP contribution < -0.4 is 5.32 Å². The van der Waals surface area contributed by atoms with Crippen LogP contribution in [0.15, 0.2) is 29.6 Å². The van der Waals surface area contributed by atoms with Crippen molar-refractivity contribution in [3.63, 3.8) is 0 Å². The van der Waals surface area contributed by atoms with E-state index in [0.717, 1.165) is 16.4 Å². The predicted octanol–water partition coefficient (Wildman–Crippen LogP) is 4.46. The molecular weight excluding hydrogens is 286 g/mol. The second-order valence-corrected chi connectivity index (χ2v) is 6.18.